The summed E-state index contributed by atoms with van der Waals surface area (Å²) in [6.07, 6.45) is 0. The third-order valence-electron chi connectivity index (χ3n) is 5.01. The van der Waals surface area contributed by atoms with Gasteiger partial charge in [0.2, 0.25) is 0 Å². The molecule has 0 aromatic carbocycles. The van der Waals surface area contributed by atoms with Crippen molar-refractivity contribution < 1.29 is 19.1 Å². The number of esters is 2. The molecule has 0 saturated carbocycles. The Labute approximate surface area is 107 Å². The van der Waals surface area contributed by atoms with Crippen LogP contribution in [0.25, 0.3) is 0 Å². The van der Waals surface area contributed by atoms with Crippen molar-refractivity contribution in [3.8, 4) is 0 Å². The highest BCUT2D eigenvalue weighted by Crippen LogP contribution is 2.75. The molecule has 0 aromatic rings. The van der Waals surface area contributed by atoms with Gasteiger partial charge in [-0.15, -0.1) is 0 Å². The lowest BCUT2D eigenvalue weighted by Gasteiger charge is -2.65. The molecule has 2 aliphatic carbocycles. The first-order chi connectivity index (χ1) is 8.31. The maximum Gasteiger partial charge on any atom is 0.335 e. The van der Waals surface area contributed by atoms with E-state index in [9.17, 15) is 9.59 Å². The molecule has 0 N–H and O–H groups in total. The van der Waals surface area contributed by atoms with Crippen LogP contribution in [-0.4, -0.2) is 26.2 Å². The predicted molar refractivity (Wildman–Crippen MR) is 65.6 cm³/mol. The molecule has 2 aliphatic rings. The number of hydrogen-bond acceptors (Lipinski definition) is 4. The van der Waals surface area contributed by atoms with E-state index < -0.39 is 16.8 Å². The number of allylic oxidation sites excluding steroid dienone is 2. The van der Waals surface area contributed by atoms with Crippen molar-refractivity contribution in [3.05, 3.63) is 22.3 Å². The summed E-state index contributed by atoms with van der Waals surface area (Å²) in [6.45, 7) is 7.73. The van der Waals surface area contributed by atoms with Gasteiger partial charge in [0.1, 0.15) is 5.41 Å². The second-order valence-electron chi connectivity index (χ2n) is 5.11. The lowest BCUT2D eigenvalue weighted by atomic mass is 9.35. The molecule has 0 heterocycles. The van der Waals surface area contributed by atoms with Gasteiger partial charge in [-0.05, 0) is 26.3 Å². The maximum absolute atomic E-state index is 12.2. The smallest absolute Gasteiger partial charge is 0.335 e. The summed E-state index contributed by atoms with van der Waals surface area (Å²) in [7, 11) is 2.68. The van der Waals surface area contributed by atoms with Gasteiger partial charge in [-0.1, -0.05) is 18.1 Å². The normalized spacial score (nSPS) is 33.4. The first kappa shape index (κ1) is 12.9. The molecule has 0 saturated heterocycles. The van der Waals surface area contributed by atoms with E-state index in [-0.39, 0.29) is 5.97 Å². The summed E-state index contributed by atoms with van der Waals surface area (Å²) in [5.41, 5.74) is 2.07. The zero-order valence-electron chi connectivity index (χ0n) is 11.6. The molecule has 0 fully saturated rings. The van der Waals surface area contributed by atoms with E-state index in [1.807, 2.05) is 27.7 Å². The van der Waals surface area contributed by atoms with Crippen LogP contribution in [0.15, 0.2) is 22.3 Å². The van der Waals surface area contributed by atoms with Crippen LogP contribution in [0.4, 0.5) is 0 Å². The molecular formula is C14H18O4. The molecule has 18 heavy (non-hydrogen) atoms. The predicted octanol–water partition coefficient (Wildman–Crippen LogP) is 2.01. The molecular weight excluding hydrogens is 232 g/mol. The minimum Gasteiger partial charge on any atom is -0.468 e. The van der Waals surface area contributed by atoms with Crippen molar-refractivity contribution in [3.63, 3.8) is 0 Å². The molecule has 4 heteroatoms. The highest BCUT2D eigenvalue weighted by molar-refractivity contribution is 6.08. The van der Waals surface area contributed by atoms with Crippen molar-refractivity contribution in [1.29, 1.82) is 0 Å². The standard InChI is InChI=1S/C14H18O4/c1-7-8(2)14(12(16)18-6)10(11(15)17-5)9(3)13(7,14)4/h1-6H3. The van der Waals surface area contributed by atoms with Gasteiger partial charge in [0.25, 0.3) is 0 Å². The SMILES string of the molecule is COC(=O)C1=C(C)C2(C)C(C)=C(C)C12C(=O)OC. The third kappa shape index (κ3) is 0.910. The van der Waals surface area contributed by atoms with E-state index in [0.717, 1.165) is 16.7 Å². The number of carbonyl (C=O) groups is 2. The van der Waals surface area contributed by atoms with E-state index >= 15 is 0 Å². The molecule has 0 aliphatic heterocycles. The van der Waals surface area contributed by atoms with Crippen LogP contribution in [0.5, 0.6) is 0 Å². The minimum atomic E-state index is -0.928. The van der Waals surface area contributed by atoms with Crippen LogP contribution in [0.1, 0.15) is 27.7 Å². The fourth-order valence-electron chi connectivity index (χ4n) is 3.74. The van der Waals surface area contributed by atoms with E-state index in [1.165, 1.54) is 14.2 Å². The fraction of sp³-hybridized carbons (Fsp3) is 0.571. The minimum absolute atomic E-state index is 0.376. The monoisotopic (exact) mass is 250 g/mol. The Morgan fingerprint density at radius 1 is 0.944 bits per heavy atom. The molecule has 0 amide bonds. The fourth-order valence-corrected chi connectivity index (χ4v) is 3.74. The second kappa shape index (κ2) is 3.46. The van der Waals surface area contributed by atoms with Crippen LogP contribution in [0.3, 0.4) is 0 Å². The number of fused-ring (bicyclic) bond motifs is 1. The average molecular weight is 250 g/mol. The van der Waals surface area contributed by atoms with Gasteiger partial charge in [0.05, 0.1) is 19.8 Å². The lowest BCUT2D eigenvalue weighted by molar-refractivity contribution is -0.162. The van der Waals surface area contributed by atoms with Gasteiger partial charge in [0.15, 0.2) is 0 Å². The van der Waals surface area contributed by atoms with E-state index in [4.69, 9.17) is 9.47 Å². The average Bonchev–Trinajstić information content (AvgIpc) is 2.39. The Morgan fingerprint density at radius 2 is 1.50 bits per heavy atom. The highest BCUT2D eigenvalue weighted by Gasteiger charge is 2.75. The summed E-state index contributed by atoms with van der Waals surface area (Å²) >= 11 is 0. The van der Waals surface area contributed by atoms with Gasteiger partial charge < -0.3 is 9.47 Å². The topological polar surface area (TPSA) is 52.6 Å². The Kier molecular flexibility index (Phi) is 2.48. The summed E-state index contributed by atoms with van der Waals surface area (Å²) < 4.78 is 9.72. The number of rotatable bonds is 2. The molecule has 0 aromatic heterocycles. The van der Waals surface area contributed by atoms with Crippen molar-refractivity contribution in [2.45, 2.75) is 27.7 Å². The van der Waals surface area contributed by atoms with Gasteiger partial charge in [0, 0.05) is 5.41 Å². The Bertz CT molecular complexity index is 526. The first-order valence-electron chi connectivity index (χ1n) is 5.88. The molecule has 98 valence electrons. The number of hydrogen-bond donors (Lipinski definition) is 0. The van der Waals surface area contributed by atoms with Crippen molar-refractivity contribution in [2.75, 3.05) is 14.2 Å². The van der Waals surface area contributed by atoms with E-state index in [0.29, 0.717) is 5.57 Å². The van der Waals surface area contributed by atoms with Crippen LogP contribution >= 0.6 is 0 Å². The van der Waals surface area contributed by atoms with E-state index in [2.05, 4.69) is 0 Å². The lowest BCUT2D eigenvalue weighted by Crippen LogP contribution is -2.66. The summed E-state index contributed by atoms with van der Waals surface area (Å²) in [4.78, 5) is 24.1. The zero-order valence-corrected chi connectivity index (χ0v) is 11.6. The van der Waals surface area contributed by atoms with Crippen molar-refractivity contribution in [1.82, 2.24) is 0 Å². The van der Waals surface area contributed by atoms with Gasteiger partial charge in [-0.3, -0.25) is 4.79 Å². The van der Waals surface area contributed by atoms with Crippen molar-refractivity contribution >= 4 is 11.9 Å². The summed E-state index contributed by atoms with van der Waals surface area (Å²) in [5.74, 6) is -0.818. The Balaban J connectivity index is 2.66. The van der Waals surface area contributed by atoms with Crippen LogP contribution in [-0.2, 0) is 19.1 Å². The first-order valence-corrected chi connectivity index (χ1v) is 5.88. The molecule has 2 atom stereocenters. The van der Waals surface area contributed by atoms with E-state index in [1.54, 1.807) is 0 Å². The highest BCUT2D eigenvalue weighted by atomic mass is 16.5. The number of carbonyl (C=O) groups excluding carboxylic acids is 2. The van der Waals surface area contributed by atoms with Crippen LogP contribution in [0, 0.1) is 10.8 Å². The molecule has 2 rings (SSSR count). The van der Waals surface area contributed by atoms with Crippen LogP contribution < -0.4 is 0 Å². The van der Waals surface area contributed by atoms with Gasteiger partial charge in [-0.2, -0.15) is 0 Å². The molecule has 4 nitrogen and oxygen atoms in total. The molecule has 0 radical (unpaired) electrons. The quantitative estimate of drug-likeness (QED) is 0.555. The number of methoxy groups -OCH3 is 2. The molecule has 0 bridgehead atoms. The second-order valence-corrected chi connectivity index (χ2v) is 5.11. The molecule has 2 unspecified atom stereocenters. The zero-order chi connectivity index (χ0) is 13.9. The largest absolute Gasteiger partial charge is 0.468 e. The maximum atomic E-state index is 12.2. The summed E-state index contributed by atoms with van der Waals surface area (Å²) in [5, 5.41) is 0. The van der Waals surface area contributed by atoms with Gasteiger partial charge >= 0.3 is 11.9 Å². The Morgan fingerprint density at radius 3 is 1.94 bits per heavy atom. The van der Waals surface area contributed by atoms with Crippen molar-refractivity contribution in [2.24, 2.45) is 10.8 Å². The Hall–Kier alpha value is -1.58. The summed E-state index contributed by atoms with van der Waals surface area (Å²) in [6, 6.07) is 0. The third-order valence-corrected chi connectivity index (χ3v) is 5.01. The molecule has 0 spiro atoms. The van der Waals surface area contributed by atoms with Gasteiger partial charge in [-0.25, -0.2) is 4.79 Å². The number of ether oxygens (including phenoxy) is 2. The van der Waals surface area contributed by atoms with Crippen LogP contribution in [0.2, 0.25) is 0 Å².